The molecule has 0 saturated heterocycles. The van der Waals surface area contributed by atoms with E-state index in [0.717, 1.165) is 0 Å². The summed E-state index contributed by atoms with van der Waals surface area (Å²) in [5.41, 5.74) is 6.02. The molecule has 0 fully saturated rings. The van der Waals surface area contributed by atoms with Crippen molar-refractivity contribution in [2.24, 2.45) is 5.41 Å². The van der Waals surface area contributed by atoms with Crippen LogP contribution in [0.3, 0.4) is 0 Å². The first-order valence-electron chi connectivity index (χ1n) is 4.32. The Morgan fingerprint density at radius 3 is 2.42 bits per heavy atom. The van der Waals surface area contributed by atoms with E-state index in [0.29, 0.717) is 0 Å². The molecule has 0 spiro atoms. The molecule has 0 radical (unpaired) electrons. The Hall–Kier alpha value is -1.00. The van der Waals surface area contributed by atoms with Crippen molar-refractivity contribution in [3.8, 4) is 0 Å². The van der Waals surface area contributed by atoms with Crippen LogP contribution in [0.5, 0.6) is 0 Å². The summed E-state index contributed by atoms with van der Waals surface area (Å²) in [7, 11) is 0. The quantitative estimate of drug-likeness (QED) is 0.475. The zero-order valence-corrected chi connectivity index (χ0v) is 8.31. The maximum Gasteiger partial charge on any atom is -0.000664 e. The van der Waals surface area contributed by atoms with E-state index < -0.39 is 0 Å². The molecule has 0 unspecified atom stereocenters. The first-order chi connectivity index (χ1) is 5.50. The molecule has 64 valence electrons. The van der Waals surface area contributed by atoms with Crippen molar-refractivity contribution in [3.05, 3.63) is 41.2 Å². The van der Waals surface area contributed by atoms with Crippen LogP contribution in [0, 0.1) is 5.41 Å². The lowest BCUT2D eigenvalue weighted by molar-refractivity contribution is 0.518. The molecule has 0 aromatic rings. The summed E-state index contributed by atoms with van der Waals surface area (Å²) in [6.45, 7) is 8.71. The summed E-state index contributed by atoms with van der Waals surface area (Å²) >= 11 is 0. The van der Waals surface area contributed by atoms with E-state index in [1.54, 1.807) is 0 Å². The Morgan fingerprint density at radius 1 is 1.17 bits per heavy atom. The molecular formula is C12H16. The van der Waals surface area contributed by atoms with Gasteiger partial charge in [0, 0.05) is 0 Å². The van der Waals surface area contributed by atoms with Gasteiger partial charge >= 0.3 is 0 Å². The number of hydrogen-bond donors (Lipinski definition) is 0. The minimum Gasteiger partial charge on any atom is -0.117 e. The molecule has 1 aliphatic carbocycles. The normalized spacial score (nSPS) is 17.0. The molecule has 0 heteroatoms. The van der Waals surface area contributed by atoms with Crippen LogP contribution in [0.4, 0.5) is 0 Å². The molecule has 0 aromatic heterocycles. The van der Waals surface area contributed by atoms with E-state index in [-0.39, 0.29) is 5.41 Å². The van der Waals surface area contributed by atoms with Crippen molar-refractivity contribution in [1.82, 2.24) is 0 Å². The standard InChI is InChI=1S/C12H16/c1-10-6-5-7-11(9-8-10)12(2,3)4/h5-6,8-9H,1-4H3. The maximum absolute atomic E-state index is 3.28. The fraction of sp³-hybridized carbons (Fsp3) is 0.417. The van der Waals surface area contributed by atoms with Gasteiger partial charge in [0.25, 0.3) is 0 Å². The van der Waals surface area contributed by atoms with Crippen molar-refractivity contribution in [2.45, 2.75) is 27.7 Å². The van der Waals surface area contributed by atoms with Gasteiger partial charge in [0.1, 0.15) is 0 Å². The van der Waals surface area contributed by atoms with E-state index in [4.69, 9.17) is 0 Å². The Morgan fingerprint density at radius 2 is 1.83 bits per heavy atom. The van der Waals surface area contributed by atoms with Crippen molar-refractivity contribution in [3.63, 3.8) is 0 Å². The molecule has 0 amide bonds. The molecule has 0 nitrogen and oxygen atoms in total. The lowest BCUT2D eigenvalue weighted by Crippen LogP contribution is -2.06. The first kappa shape index (κ1) is 9.09. The highest BCUT2D eigenvalue weighted by atomic mass is 14.2. The highest BCUT2D eigenvalue weighted by molar-refractivity contribution is 5.35. The fourth-order valence-corrected chi connectivity index (χ4v) is 1.05. The van der Waals surface area contributed by atoms with Gasteiger partial charge in [-0.05, 0) is 24.0 Å². The molecule has 0 heterocycles. The first-order valence-corrected chi connectivity index (χ1v) is 4.32. The average Bonchev–Trinajstić information content (AvgIpc) is 2.11. The molecular weight excluding hydrogens is 144 g/mol. The van der Waals surface area contributed by atoms with E-state index in [2.05, 4.69) is 51.7 Å². The Labute approximate surface area is 75.0 Å². The van der Waals surface area contributed by atoms with Crippen LogP contribution in [0.25, 0.3) is 0 Å². The summed E-state index contributed by atoms with van der Waals surface area (Å²) in [4.78, 5) is 0. The lowest BCUT2D eigenvalue weighted by Gasteiger charge is -2.17. The van der Waals surface area contributed by atoms with Crippen LogP contribution in [-0.4, -0.2) is 0 Å². The monoisotopic (exact) mass is 160 g/mol. The topological polar surface area (TPSA) is 0 Å². The fourth-order valence-electron chi connectivity index (χ4n) is 1.05. The van der Waals surface area contributed by atoms with Gasteiger partial charge < -0.3 is 0 Å². The third kappa shape index (κ3) is 2.25. The average molecular weight is 160 g/mol. The smallest absolute Gasteiger partial charge is 0.000664 e. The van der Waals surface area contributed by atoms with Crippen LogP contribution in [0.15, 0.2) is 41.2 Å². The van der Waals surface area contributed by atoms with Gasteiger partial charge in [-0.2, -0.15) is 0 Å². The van der Waals surface area contributed by atoms with Crippen molar-refractivity contribution in [2.75, 3.05) is 0 Å². The van der Waals surface area contributed by atoms with Crippen molar-refractivity contribution >= 4 is 0 Å². The van der Waals surface area contributed by atoms with Gasteiger partial charge in [0.05, 0.1) is 0 Å². The third-order valence-corrected chi connectivity index (χ3v) is 1.91. The summed E-state index contributed by atoms with van der Waals surface area (Å²) in [6.07, 6.45) is 8.36. The molecule has 0 saturated carbocycles. The SMILES string of the molecule is CC1=CC=C=C(C(C)(C)C)C=C1. The van der Waals surface area contributed by atoms with Crippen LogP contribution >= 0.6 is 0 Å². The molecule has 1 aliphatic rings. The second kappa shape index (κ2) is 3.16. The van der Waals surface area contributed by atoms with Gasteiger partial charge in [-0.15, -0.1) is 5.73 Å². The van der Waals surface area contributed by atoms with E-state index in [9.17, 15) is 0 Å². The molecule has 0 aliphatic heterocycles. The van der Waals surface area contributed by atoms with Crippen LogP contribution in [0.1, 0.15) is 27.7 Å². The Bertz CT molecular complexity index is 286. The zero-order chi connectivity index (χ0) is 9.19. The maximum atomic E-state index is 3.28. The predicted octanol–water partition coefficient (Wildman–Crippen LogP) is 3.63. The molecule has 0 bridgehead atoms. The van der Waals surface area contributed by atoms with Crippen LogP contribution in [-0.2, 0) is 0 Å². The minimum atomic E-state index is 0.200. The second-order valence-electron chi connectivity index (χ2n) is 4.22. The van der Waals surface area contributed by atoms with Gasteiger partial charge in [-0.25, -0.2) is 0 Å². The summed E-state index contributed by atoms with van der Waals surface area (Å²) in [6, 6.07) is 0. The predicted molar refractivity (Wildman–Crippen MR) is 53.9 cm³/mol. The van der Waals surface area contributed by atoms with Gasteiger partial charge in [0.15, 0.2) is 0 Å². The van der Waals surface area contributed by atoms with E-state index >= 15 is 0 Å². The number of hydrogen-bond acceptors (Lipinski definition) is 0. The highest BCUT2D eigenvalue weighted by Crippen LogP contribution is 2.26. The molecule has 0 N–H and O–H groups in total. The number of rotatable bonds is 0. The van der Waals surface area contributed by atoms with Gasteiger partial charge in [-0.1, -0.05) is 44.6 Å². The third-order valence-electron chi connectivity index (χ3n) is 1.91. The van der Waals surface area contributed by atoms with Crippen LogP contribution in [0.2, 0.25) is 0 Å². The molecule has 12 heavy (non-hydrogen) atoms. The molecule has 1 rings (SSSR count). The van der Waals surface area contributed by atoms with Gasteiger partial charge in [-0.3, -0.25) is 0 Å². The Balaban J connectivity index is 3.00. The summed E-state index contributed by atoms with van der Waals surface area (Å²) in [5.74, 6) is 0. The van der Waals surface area contributed by atoms with E-state index in [1.165, 1.54) is 11.1 Å². The van der Waals surface area contributed by atoms with Crippen LogP contribution < -0.4 is 0 Å². The summed E-state index contributed by atoms with van der Waals surface area (Å²) in [5, 5.41) is 0. The molecule has 0 aromatic carbocycles. The van der Waals surface area contributed by atoms with Crippen molar-refractivity contribution in [1.29, 1.82) is 0 Å². The molecule has 0 atom stereocenters. The largest absolute Gasteiger partial charge is 0.117 e. The highest BCUT2D eigenvalue weighted by Gasteiger charge is 2.13. The number of allylic oxidation sites excluding steroid dienone is 5. The zero-order valence-electron chi connectivity index (χ0n) is 8.31. The lowest BCUT2D eigenvalue weighted by atomic mass is 9.87. The van der Waals surface area contributed by atoms with Gasteiger partial charge in [0.2, 0.25) is 0 Å². The second-order valence-corrected chi connectivity index (χ2v) is 4.22. The van der Waals surface area contributed by atoms with Crippen molar-refractivity contribution < 1.29 is 0 Å². The Kier molecular flexibility index (Phi) is 2.40. The van der Waals surface area contributed by atoms with E-state index in [1.807, 2.05) is 6.08 Å². The summed E-state index contributed by atoms with van der Waals surface area (Å²) < 4.78 is 0. The minimum absolute atomic E-state index is 0.200.